The second-order valence-corrected chi connectivity index (χ2v) is 19.6. The summed E-state index contributed by atoms with van der Waals surface area (Å²) in [6, 6.07) is 43.5. The van der Waals surface area contributed by atoms with Crippen molar-refractivity contribution in [1.82, 2.24) is 20.4 Å². The molecule has 1 spiro atoms. The number of anilines is 1. The zero-order valence-corrected chi connectivity index (χ0v) is 42.7. The molecule has 3 aliphatic rings. The Labute approximate surface area is 442 Å². The monoisotopic (exact) mass is 1020 g/mol. The molecule has 6 aromatic carbocycles. The molecule has 8 unspecified atom stereocenters. The minimum Gasteiger partial charge on any atom is -0.491 e. The molecule has 76 heavy (non-hydrogen) atoms. The van der Waals surface area contributed by atoms with Gasteiger partial charge in [-0.2, -0.15) is 0 Å². The number of aliphatic hydroxyl groups is 2. The van der Waals surface area contributed by atoms with Crippen LogP contribution in [0.5, 0.6) is 5.75 Å². The van der Waals surface area contributed by atoms with Crippen molar-refractivity contribution in [2.45, 2.75) is 62.2 Å². The van der Waals surface area contributed by atoms with E-state index in [1.54, 1.807) is 86.6 Å². The van der Waals surface area contributed by atoms with Crippen LogP contribution in [0.25, 0.3) is 0 Å². The van der Waals surface area contributed by atoms with Crippen LogP contribution in [0.15, 0.2) is 164 Å². The van der Waals surface area contributed by atoms with Crippen LogP contribution in [-0.4, -0.2) is 102 Å². The van der Waals surface area contributed by atoms with Crippen LogP contribution in [0.3, 0.4) is 0 Å². The standard InChI is InChI=1S/C61H61N5O10/c1-39(2)51(57(70)74-4)63-60(73)65-48-32-27-40(20-17-33-64(3)38-41-18-9-5-10-19-41)36-47(48)61(59(65)72)50(56(69)62-37-49(68)42-21-11-6-12-22-42)53-58(71)76-54(44-25-15-8-16-26-44)52(43-23-13-7-14-24-43)66(53)55(61)45-28-30-46(31-29-45)75-35-34-67/h5-16,18-19,21-32,36,39,49-55,67-68H,33-35,37-38H2,1-4H3,(H,62,69)(H,63,73). The number of aliphatic hydroxyl groups excluding tert-OH is 2. The molecule has 390 valence electrons. The zero-order chi connectivity index (χ0) is 53.5. The van der Waals surface area contributed by atoms with Gasteiger partial charge in [-0.1, -0.05) is 159 Å². The topological polar surface area (TPSA) is 187 Å². The van der Waals surface area contributed by atoms with E-state index in [-0.39, 0.29) is 31.0 Å². The summed E-state index contributed by atoms with van der Waals surface area (Å²) in [5, 5.41) is 26.9. The van der Waals surface area contributed by atoms with E-state index in [9.17, 15) is 15.0 Å². The Morgan fingerprint density at radius 1 is 0.803 bits per heavy atom. The number of benzene rings is 6. The van der Waals surface area contributed by atoms with Gasteiger partial charge in [0.05, 0.1) is 50.1 Å². The molecule has 4 amide bonds. The highest BCUT2D eigenvalue weighted by molar-refractivity contribution is 6.25. The van der Waals surface area contributed by atoms with Crippen molar-refractivity contribution in [3.63, 3.8) is 0 Å². The molecule has 3 heterocycles. The maximum Gasteiger partial charge on any atom is 0.329 e. The van der Waals surface area contributed by atoms with Gasteiger partial charge in [0, 0.05) is 18.7 Å². The second-order valence-electron chi connectivity index (χ2n) is 19.6. The van der Waals surface area contributed by atoms with E-state index in [4.69, 9.17) is 14.2 Å². The number of cyclic esters (lactones) is 1. The first-order valence-corrected chi connectivity index (χ1v) is 25.4. The van der Waals surface area contributed by atoms with Crippen LogP contribution < -0.4 is 20.3 Å². The number of hydrogen-bond acceptors (Lipinski definition) is 12. The van der Waals surface area contributed by atoms with Crippen LogP contribution in [0.2, 0.25) is 0 Å². The summed E-state index contributed by atoms with van der Waals surface area (Å²) in [6.45, 7) is 3.90. The predicted molar refractivity (Wildman–Crippen MR) is 284 cm³/mol. The maximum absolute atomic E-state index is 16.8. The third-order valence-electron chi connectivity index (χ3n) is 14.4. The van der Waals surface area contributed by atoms with Gasteiger partial charge in [-0.15, -0.1) is 0 Å². The van der Waals surface area contributed by atoms with Gasteiger partial charge in [0.25, 0.3) is 0 Å². The smallest absolute Gasteiger partial charge is 0.329 e. The molecule has 3 aliphatic heterocycles. The number of methoxy groups -OCH3 is 1. The maximum atomic E-state index is 16.8. The fourth-order valence-electron chi connectivity index (χ4n) is 11.0. The van der Waals surface area contributed by atoms with Gasteiger partial charge in [0.15, 0.2) is 0 Å². The van der Waals surface area contributed by atoms with Crippen LogP contribution in [0.1, 0.15) is 77.1 Å². The highest BCUT2D eigenvalue weighted by Gasteiger charge is 2.75. The fraction of sp³-hybridized carbons (Fsp3) is 0.295. The molecule has 2 fully saturated rings. The summed E-state index contributed by atoms with van der Waals surface area (Å²) in [6.07, 6.45) is -2.17. The number of hydrogen-bond donors (Lipinski definition) is 4. The lowest BCUT2D eigenvalue weighted by molar-refractivity contribution is -0.178. The van der Waals surface area contributed by atoms with Crippen molar-refractivity contribution in [2.24, 2.45) is 11.8 Å². The molecule has 4 N–H and O–H groups in total. The Morgan fingerprint density at radius 2 is 1.43 bits per heavy atom. The molecule has 15 heteroatoms. The number of carbonyl (C=O) groups is 5. The summed E-state index contributed by atoms with van der Waals surface area (Å²) in [7, 11) is 3.16. The van der Waals surface area contributed by atoms with Gasteiger partial charge >= 0.3 is 18.0 Å². The van der Waals surface area contributed by atoms with E-state index < -0.39 is 83.4 Å². The molecule has 0 saturated carbocycles. The number of amides is 4. The third-order valence-corrected chi connectivity index (χ3v) is 14.4. The summed E-state index contributed by atoms with van der Waals surface area (Å²) in [5.74, 6) is 1.66. The van der Waals surface area contributed by atoms with Gasteiger partial charge < -0.3 is 35.1 Å². The number of esters is 2. The SMILES string of the molecule is COC(=O)C(NC(=O)N1C(=O)C2(c3cc(C#CCN(C)Cc4ccccc4)ccc31)C(C(=O)NCC(O)c1ccccc1)C1C(=O)OC(c3ccccc3)C(c3ccccc3)N1C2c1ccc(OCCO)cc1)C(C)C. The average molecular weight is 1020 g/mol. The summed E-state index contributed by atoms with van der Waals surface area (Å²) in [4.78, 5) is 81.6. The molecule has 2 saturated heterocycles. The fourth-order valence-corrected chi connectivity index (χ4v) is 11.0. The number of carbonyl (C=O) groups excluding carboxylic acids is 5. The lowest BCUT2D eigenvalue weighted by Gasteiger charge is -2.46. The lowest BCUT2D eigenvalue weighted by atomic mass is 9.65. The zero-order valence-electron chi connectivity index (χ0n) is 42.7. The van der Waals surface area contributed by atoms with Gasteiger partial charge in [-0.05, 0) is 76.7 Å². The highest BCUT2D eigenvalue weighted by atomic mass is 16.6. The van der Waals surface area contributed by atoms with Crippen LogP contribution in [0.4, 0.5) is 10.5 Å². The molecular formula is C61H61N5O10. The number of urea groups is 1. The van der Waals surface area contributed by atoms with E-state index in [0.717, 1.165) is 10.5 Å². The normalized spacial score (nSPS) is 21.5. The van der Waals surface area contributed by atoms with Crippen molar-refractivity contribution in [2.75, 3.05) is 45.4 Å². The van der Waals surface area contributed by atoms with Crippen LogP contribution in [-0.2, 0) is 40.6 Å². The second kappa shape index (κ2) is 23.2. The first kappa shape index (κ1) is 52.7. The van der Waals surface area contributed by atoms with Crippen molar-refractivity contribution in [1.29, 1.82) is 0 Å². The van der Waals surface area contributed by atoms with E-state index in [2.05, 4.69) is 27.4 Å². The first-order chi connectivity index (χ1) is 36.9. The van der Waals surface area contributed by atoms with Gasteiger partial charge in [0.1, 0.15) is 36.0 Å². The van der Waals surface area contributed by atoms with E-state index in [0.29, 0.717) is 46.7 Å². The number of nitrogens with zero attached hydrogens (tertiary/aromatic N) is 3. The molecule has 0 radical (unpaired) electrons. The molecule has 8 atom stereocenters. The predicted octanol–water partition coefficient (Wildman–Crippen LogP) is 6.96. The first-order valence-electron chi connectivity index (χ1n) is 25.4. The number of fused-ring (bicyclic) bond motifs is 3. The summed E-state index contributed by atoms with van der Waals surface area (Å²) < 4.78 is 17.5. The van der Waals surface area contributed by atoms with Gasteiger partial charge in [-0.3, -0.25) is 24.2 Å². The van der Waals surface area contributed by atoms with Crippen LogP contribution >= 0.6 is 0 Å². The quantitative estimate of drug-likeness (QED) is 0.0578. The van der Waals surface area contributed by atoms with E-state index in [1.165, 1.54) is 7.11 Å². The molecule has 0 aromatic heterocycles. The Hall–Kier alpha value is -8.13. The Kier molecular flexibility index (Phi) is 16.1. The Morgan fingerprint density at radius 3 is 2.07 bits per heavy atom. The molecular weight excluding hydrogens is 963 g/mol. The number of imide groups is 1. The van der Waals surface area contributed by atoms with Crippen LogP contribution in [0, 0.1) is 23.7 Å². The Bertz CT molecular complexity index is 3100. The number of morpholine rings is 1. The molecule has 0 aliphatic carbocycles. The Balaban J connectivity index is 1.30. The lowest BCUT2D eigenvalue weighted by Crippen LogP contribution is -2.58. The molecule has 9 rings (SSSR count). The van der Waals surface area contributed by atoms with E-state index >= 15 is 19.2 Å². The largest absolute Gasteiger partial charge is 0.491 e. The molecule has 6 aromatic rings. The summed E-state index contributed by atoms with van der Waals surface area (Å²) >= 11 is 0. The van der Waals surface area contributed by atoms with Crippen molar-refractivity contribution in [3.8, 4) is 17.6 Å². The third kappa shape index (κ3) is 10.3. The minimum absolute atomic E-state index is 0.00338. The number of rotatable bonds is 16. The minimum atomic E-state index is -2.16. The molecule has 15 nitrogen and oxygen atoms in total. The highest BCUT2D eigenvalue weighted by Crippen LogP contribution is 2.66. The van der Waals surface area contributed by atoms with Crippen molar-refractivity contribution in [3.05, 3.63) is 203 Å². The number of ether oxygens (including phenoxy) is 3. The van der Waals surface area contributed by atoms with E-state index in [1.807, 2.05) is 103 Å². The summed E-state index contributed by atoms with van der Waals surface area (Å²) in [5.41, 5.74) is 2.06. The average Bonchev–Trinajstić information content (AvgIpc) is 4.05. The van der Waals surface area contributed by atoms with Crippen molar-refractivity contribution < 1.29 is 48.4 Å². The van der Waals surface area contributed by atoms with Crippen molar-refractivity contribution >= 4 is 35.5 Å². The molecule has 0 bridgehead atoms. The van der Waals surface area contributed by atoms with Gasteiger partial charge in [-0.25, -0.2) is 14.5 Å². The number of nitrogens with one attached hydrogen (secondary N) is 2. The van der Waals surface area contributed by atoms with Gasteiger partial charge in [0.2, 0.25) is 11.8 Å².